The minimum absolute atomic E-state index is 0.680. The average molecular weight is 335 g/mol. The number of aryl methyl sites for hydroxylation is 1. The Morgan fingerprint density at radius 1 is 1.24 bits per heavy atom. The maximum Gasteiger partial charge on any atom is 0.154 e. The van der Waals surface area contributed by atoms with Crippen molar-refractivity contribution in [3.63, 3.8) is 0 Å². The van der Waals surface area contributed by atoms with Gasteiger partial charge in [0.2, 0.25) is 0 Å². The molecule has 1 aromatic carbocycles. The summed E-state index contributed by atoms with van der Waals surface area (Å²) < 4.78 is 1.92. The van der Waals surface area contributed by atoms with E-state index >= 15 is 0 Å². The van der Waals surface area contributed by atoms with Gasteiger partial charge < -0.3 is 4.90 Å². The molecule has 0 saturated carbocycles. The molecule has 4 rings (SSSR count). The fraction of sp³-hybridized carbons (Fsp3) is 0.400. The summed E-state index contributed by atoms with van der Waals surface area (Å²) in [6.45, 7) is 6.44. The third kappa shape index (κ3) is 3.51. The molecule has 0 aliphatic carbocycles. The molecular formula is C20H25N5. The van der Waals surface area contributed by atoms with E-state index in [0.717, 1.165) is 36.7 Å². The van der Waals surface area contributed by atoms with Gasteiger partial charge in [-0.15, -0.1) is 0 Å². The van der Waals surface area contributed by atoms with Crippen molar-refractivity contribution in [1.82, 2.24) is 19.5 Å². The first-order valence-corrected chi connectivity index (χ1v) is 8.97. The number of anilines is 1. The molecule has 1 atom stereocenters. The second-order valence-corrected chi connectivity index (χ2v) is 7.12. The number of likely N-dealkylation sites (tertiary alicyclic amines) is 1. The van der Waals surface area contributed by atoms with Gasteiger partial charge in [-0.05, 0) is 37.4 Å². The summed E-state index contributed by atoms with van der Waals surface area (Å²) in [5, 5.41) is 4.49. The van der Waals surface area contributed by atoms with Crippen LogP contribution in [0.1, 0.15) is 17.7 Å². The van der Waals surface area contributed by atoms with Gasteiger partial charge in [-0.25, -0.2) is 9.50 Å². The lowest BCUT2D eigenvalue weighted by Gasteiger charge is -2.23. The largest absolute Gasteiger partial charge is 0.358 e. The Hall–Kier alpha value is -2.40. The van der Waals surface area contributed by atoms with Gasteiger partial charge in [0.05, 0.1) is 5.69 Å². The van der Waals surface area contributed by atoms with E-state index in [1.165, 1.54) is 18.5 Å². The Morgan fingerprint density at radius 3 is 2.92 bits per heavy atom. The molecule has 5 heteroatoms. The Morgan fingerprint density at radius 2 is 2.08 bits per heavy atom. The third-order valence-corrected chi connectivity index (χ3v) is 5.00. The smallest absolute Gasteiger partial charge is 0.154 e. The van der Waals surface area contributed by atoms with Crippen LogP contribution in [0.2, 0.25) is 0 Å². The maximum absolute atomic E-state index is 4.60. The molecule has 0 radical (unpaired) electrons. The highest BCUT2D eigenvalue weighted by Crippen LogP contribution is 2.23. The second-order valence-electron chi connectivity index (χ2n) is 7.12. The van der Waals surface area contributed by atoms with E-state index in [1.807, 2.05) is 23.8 Å². The Bertz CT molecular complexity index is 842. The number of fused-ring (bicyclic) bond motifs is 1. The number of hydrogen-bond donors (Lipinski definition) is 0. The fourth-order valence-electron chi connectivity index (χ4n) is 3.85. The zero-order valence-corrected chi connectivity index (χ0v) is 15.0. The minimum atomic E-state index is 0.680. The van der Waals surface area contributed by atoms with Gasteiger partial charge in [-0.1, -0.05) is 30.3 Å². The lowest BCUT2D eigenvalue weighted by molar-refractivity contribution is 0.317. The molecule has 1 aliphatic rings. The first-order valence-electron chi connectivity index (χ1n) is 8.97. The fourth-order valence-corrected chi connectivity index (χ4v) is 3.85. The molecule has 0 bridgehead atoms. The van der Waals surface area contributed by atoms with Crippen molar-refractivity contribution in [2.75, 3.05) is 31.6 Å². The van der Waals surface area contributed by atoms with Crippen molar-refractivity contribution >= 4 is 11.3 Å². The zero-order valence-electron chi connectivity index (χ0n) is 15.0. The molecule has 1 saturated heterocycles. The van der Waals surface area contributed by atoms with E-state index in [1.54, 1.807) is 0 Å². The van der Waals surface area contributed by atoms with Crippen LogP contribution >= 0.6 is 0 Å². The Labute approximate surface area is 148 Å². The van der Waals surface area contributed by atoms with E-state index in [4.69, 9.17) is 0 Å². The molecule has 0 spiro atoms. The molecule has 25 heavy (non-hydrogen) atoms. The first kappa shape index (κ1) is 16.1. The lowest BCUT2D eigenvalue weighted by atomic mass is 10.1. The summed E-state index contributed by atoms with van der Waals surface area (Å²) in [6, 6.07) is 12.9. The summed E-state index contributed by atoms with van der Waals surface area (Å²) in [7, 11) is 2.14. The summed E-state index contributed by atoms with van der Waals surface area (Å²) in [5.74, 6) is 1.70. The van der Waals surface area contributed by atoms with Crippen LogP contribution in [-0.4, -0.2) is 46.2 Å². The van der Waals surface area contributed by atoms with Gasteiger partial charge in [-0.3, -0.25) is 4.90 Å². The Balaban J connectivity index is 1.40. The third-order valence-electron chi connectivity index (χ3n) is 5.00. The number of nitrogens with zero attached hydrogens (tertiary/aromatic N) is 5. The Kier molecular flexibility index (Phi) is 4.40. The lowest BCUT2D eigenvalue weighted by Crippen LogP contribution is -2.29. The van der Waals surface area contributed by atoms with Crippen molar-refractivity contribution in [3.05, 3.63) is 60.0 Å². The summed E-state index contributed by atoms with van der Waals surface area (Å²) in [5.41, 5.74) is 3.51. The molecule has 1 aliphatic heterocycles. The van der Waals surface area contributed by atoms with E-state index < -0.39 is 0 Å². The van der Waals surface area contributed by atoms with Crippen LogP contribution in [0.4, 0.5) is 5.82 Å². The van der Waals surface area contributed by atoms with Gasteiger partial charge in [0.25, 0.3) is 0 Å². The second kappa shape index (κ2) is 6.84. The van der Waals surface area contributed by atoms with Gasteiger partial charge in [0.1, 0.15) is 5.52 Å². The highest BCUT2D eigenvalue weighted by atomic mass is 15.3. The van der Waals surface area contributed by atoms with E-state index in [2.05, 4.69) is 63.3 Å². The standard InChI is InChI=1S/C20H25N5/c1-16-12-19-20(21-9-11-25(19)22-16)23(2)13-18-8-10-24(15-18)14-17-6-4-3-5-7-17/h3-7,9,11-12,18H,8,10,13-15H2,1-2H3. The van der Waals surface area contributed by atoms with Crippen molar-refractivity contribution in [1.29, 1.82) is 0 Å². The van der Waals surface area contributed by atoms with Crippen LogP contribution in [0.15, 0.2) is 48.8 Å². The molecule has 0 N–H and O–H groups in total. The van der Waals surface area contributed by atoms with E-state index in [-0.39, 0.29) is 0 Å². The highest BCUT2D eigenvalue weighted by molar-refractivity contribution is 5.68. The van der Waals surface area contributed by atoms with Crippen molar-refractivity contribution in [2.24, 2.45) is 5.92 Å². The van der Waals surface area contributed by atoms with Gasteiger partial charge in [0.15, 0.2) is 5.82 Å². The van der Waals surface area contributed by atoms with Crippen LogP contribution in [-0.2, 0) is 6.54 Å². The number of benzene rings is 1. The van der Waals surface area contributed by atoms with Crippen LogP contribution in [0.25, 0.3) is 5.52 Å². The van der Waals surface area contributed by atoms with Crippen molar-refractivity contribution in [3.8, 4) is 0 Å². The number of hydrogen-bond acceptors (Lipinski definition) is 4. The van der Waals surface area contributed by atoms with E-state index in [9.17, 15) is 0 Å². The predicted octanol–water partition coefficient (Wildman–Crippen LogP) is 3.00. The van der Waals surface area contributed by atoms with Crippen molar-refractivity contribution in [2.45, 2.75) is 19.9 Å². The maximum atomic E-state index is 4.60. The van der Waals surface area contributed by atoms with Gasteiger partial charge >= 0.3 is 0 Å². The average Bonchev–Trinajstić information content (AvgIpc) is 3.20. The number of aromatic nitrogens is 3. The summed E-state index contributed by atoms with van der Waals surface area (Å²) >= 11 is 0. The quantitative estimate of drug-likeness (QED) is 0.718. The minimum Gasteiger partial charge on any atom is -0.358 e. The monoisotopic (exact) mass is 335 g/mol. The predicted molar refractivity (Wildman–Crippen MR) is 101 cm³/mol. The zero-order chi connectivity index (χ0) is 17.2. The molecule has 2 aromatic heterocycles. The van der Waals surface area contributed by atoms with Crippen LogP contribution in [0, 0.1) is 12.8 Å². The molecule has 5 nitrogen and oxygen atoms in total. The molecule has 130 valence electrons. The normalized spacial score (nSPS) is 18.1. The first-order chi connectivity index (χ1) is 12.2. The van der Waals surface area contributed by atoms with E-state index in [0.29, 0.717) is 5.92 Å². The molecular weight excluding hydrogens is 310 g/mol. The van der Waals surface area contributed by atoms with Crippen LogP contribution in [0.3, 0.4) is 0 Å². The van der Waals surface area contributed by atoms with Crippen molar-refractivity contribution < 1.29 is 0 Å². The molecule has 1 fully saturated rings. The molecule has 3 aromatic rings. The SMILES string of the molecule is Cc1cc2c(N(C)CC3CCN(Cc4ccccc4)C3)nccn2n1. The number of rotatable bonds is 5. The summed E-state index contributed by atoms with van der Waals surface area (Å²) in [4.78, 5) is 9.45. The molecule has 1 unspecified atom stereocenters. The topological polar surface area (TPSA) is 36.7 Å². The molecule has 0 amide bonds. The molecule has 3 heterocycles. The van der Waals surface area contributed by atoms with Crippen LogP contribution < -0.4 is 4.90 Å². The van der Waals surface area contributed by atoms with Gasteiger partial charge in [0, 0.05) is 39.1 Å². The van der Waals surface area contributed by atoms with Crippen LogP contribution in [0.5, 0.6) is 0 Å². The summed E-state index contributed by atoms with van der Waals surface area (Å²) in [6.07, 6.45) is 5.00. The van der Waals surface area contributed by atoms with Gasteiger partial charge in [-0.2, -0.15) is 5.10 Å². The highest BCUT2D eigenvalue weighted by Gasteiger charge is 2.24.